The summed E-state index contributed by atoms with van der Waals surface area (Å²) < 4.78 is 5.47. The van der Waals surface area contributed by atoms with Gasteiger partial charge in [0, 0.05) is 24.9 Å². The first kappa shape index (κ1) is 16.8. The third-order valence-electron chi connectivity index (χ3n) is 4.30. The summed E-state index contributed by atoms with van der Waals surface area (Å²) in [5.41, 5.74) is 1.14. The van der Waals surface area contributed by atoms with E-state index in [1.54, 1.807) is 30.3 Å². The zero-order valence-electron chi connectivity index (χ0n) is 14.2. The minimum atomic E-state index is -0.0366. The maximum atomic E-state index is 12.4. The third kappa shape index (κ3) is 3.53. The van der Waals surface area contributed by atoms with Crippen molar-refractivity contribution in [3.8, 4) is 0 Å². The van der Waals surface area contributed by atoms with E-state index in [1.165, 1.54) is 4.88 Å². The van der Waals surface area contributed by atoms with E-state index >= 15 is 0 Å². The number of thiophene rings is 1. The van der Waals surface area contributed by atoms with E-state index in [4.69, 9.17) is 4.42 Å². The second-order valence-corrected chi connectivity index (χ2v) is 7.57. The highest BCUT2D eigenvalue weighted by atomic mass is 32.1. The molecule has 6 heteroatoms. The van der Waals surface area contributed by atoms with Gasteiger partial charge in [-0.1, -0.05) is 0 Å². The summed E-state index contributed by atoms with van der Waals surface area (Å²) in [6, 6.07) is 5.73. The molecule has 3 rings (SSSR count). The first-order chi connectivity index (χ1) is 11.4. The van der Waals surface area contributed by atoms with Crippen molar-refractivity contribution in [2.45, 2.75) is 32.7 Å². The number of aryl methyl sites for hydroxylation is 2. The molecule has 0 spiro atoms. The number of carbonyl (C=O) groups is 2. The lowest BCUT2D eigenvalue weighted by Crippen LogP contribution is -2.33. The van der Waals surface area contributed by atoms with Gasteiger partial charge in [0.1, 0.15) is 11.5 Å². The minimum Gasteiger partial charge on any atom is -0.465 e. The fraction of sp³-hybridized carbons (Fsp3) is 0.444. The molecule has 2 aromatic heterocycles. The van der Waals surface area contributed by atoms with Gasteiger partial charge in [0.2, 0.25) is 5.91 Å². The number of fused-ring (bicyclic) bond motifs is 1. The highest BCUT2D eigenvalue weighted by molar-refractivity contribution is 7.14. The van der Waals surface area contributed by atoms with Crippen molar-refractivity contribution >= 4 is 23.2 Å². The van der Waals surface area contributed by atoms with Crippen molar-refractivity contribution in [2.75, 3.05) is 14.1 Å². The Morgan fingerprint density at radius 2 is 2.17 bits per heavy atom. The molecule has 1 N–H and O–H groups in total. The molecule has 0 bridgehead atoms. The van der Waals surface area contributed by atoms with Crippen LogP contribution in [0.15, 0.2) is 22.6 Å². The molecule has 2 amide bonds. The average Bonchev–Trinajstić information content (AvgIpc) is 3.16. The lowest BCUT2D eigenvalue weighted by molar-refractivity contribution is -0.125. The van der Waals surface area contributed by atoms with Crippen LogP contribution >= 0.6 is 11.3 Å². The molecule has 1 aliphatic rings. The molecular weight excluding hydrogens is 324 g/mol. The van der Waals surface area contributed by atoms with E-state index in [0.29, 0.717) is 13.0 Å². The smallest absolute Gasteiger partial charge is 0.263 e. The summed E-state index contributed by atoms with van der Waals surface area (Å²) in [6.07, 6.45) is 2.39. The summed E-state index contributed by atoms with van der Waals surface area (Å²) >= 11 is 1.56. The number of amides is 2. The topological polar surface area (TPSA) is 62.6 Å². The average molecular weight is 346 g/mol. The normalized spacial score (nSPS) is 16.5. The Bertz CT molecular complexity index is 760. The maximum Gasteiger partial charge on any atom is 0.263 e. The summed E-state index contributed by atoms with van der Waals surface area (Å²) in [7, 11) is 3.52. The minimum absolute atomic E-state index is 0.0311. The van der Waals surface area contributed by atoms with Crippen LogP contribution in [0, 0.1) is 12.8 Å². The van der Waals surface area contributed by atoms with Gasteiger partial charge < -0.3 is 14.6 Å². The predicted octanol–water partition coefficient (Wildman–Crippen LogP) is 2.77. The van der Waals surface area contributed by atoms with Crippen molar-refractivity contribution in [1.29, 1.82) is 0 Å². The van der Waals surface area contributed by atoms with E-state index in [9.17, 15) is 9.59 Å². The van der Waals surface area contributed by atoms with Crippen LogP contribution < -0.4 is 5.32 Å². The number of rotatable bonds is 4. The number of nitrogens with zero attached hydrogens (tertiary/aromatic N) is 1. The Morgan fingerprint density at radius 1 is 1.38 bits per heavy atom. The van der Waals surface area contributed by atoms with Crippen molar-refractivity contribution in [3.63, 3.8) is 0 Å². The van der Waals surface area contributed by atoms with Crippen LogP contribution in [-0.2, 0) is 24.2 Å². The fourth-order valence-corrected chi connectivity index (χ4v) is 4.20. The van der Waals surface area contributed by atoms with Crippen LogP contribution in [-0.4, -0.2) is 30.8 Å². The standard InChI is InChI=1S/C18H22N2O3S/c1-11-4-6-14(23-11)10-19-17(21)12-5-7-15-13(8-12)9-16(24-15)18(22)20(2)3/h4,6,9,12H,5,7-8,10H2,1-3H3,(H,19,21)/t12-/m0/s1. The Hall–Kier alpha value is -2.08. The van der Waals surface area contributed by atoms with Crippen LogP contribution in [0.2, 0.25) is 0 Å². The van der Waals surface area contributed by atoms with Crippen molar-refractivity contribution < 1.29 is 14.0 Å². The monoisotopic (exact) mass is 346 g/mol. The van der Waals surface area contributed by atoms with Gasteiger partial charge in [-0.25, -0.2) is 0 Å². The zero-order chi connectivity index (χ0) is 17.3. The highest BCUT2D eigenvalue weighted by Gasteiger charge is 2.27. The van der Waals surface area contributed by atoms with Gasteiger partial charge in [-0.3, -0.25) is 9.59 Å². The molecular formula is C18H22N2O3S. The lowest BCUT2D eigenvalue weighted by atomic mass is 9.87. The Kier molecular flexibility index (Phi) is 4.76. The molecule has 2 aromatic rings. The number of hydrogen-bond donors (Lipinski definition) is 1. The SMILES string of the molecule is Cc1ccc(CNC(=O)[C@H]2CCc3sc(C(=O)N(C)C)cc3C2)o1. The number of furan rings is 1. The number of nitrogens with one attached hydrogen (secondary N) is 1. The van der Waals surface area contributed by atoms with Crippen molar-refractivity contribution in [2.24, 2.45) is 5.92 Å². The lowest BCUT2D eigenvalue weighted by Gasteiger charge is -2.21. The zero-order valence-corrected chi connectivity index (χ0v) is 15.0. The van der Waals surface area contributed by atoms with Gasteiger partial charge in [-0.2, -0.15) is 0 Å². The molecule has 1 aliphatic carbocycles. The molecule has 0 saturated carbocycles. The highest BCUT2D eigenvalue weighted by Crippen LogP contribution is 2.33. The molecule has 0 fully saturated rings. The van der Waals surface area contributed by atoms with Gasteiger partial charge in [0.05, 0.1) is 11.4 Å². The molecule has 0 unspecified atom stereocenters. The maximum absolute atomic E-state index is 12.4. The molecule has 0 saturated heterocycles. The number of carbonyl (C=O) groups excluding carboxylic acids is 2. The van der Waals surface area contributed by atoms with Crippen LogP contribution in [0.25, 0.3) is 0 Å². The molecule has 2 heterocycles. The van der Waals surface area contributed by atoms with Gasteiger partial charge in [-0.15, -0.1) is 11.3 Å². The van der Waals surface area contributed by atoms with Gasteiger partial charge >= 0.3 is 0 Å². The fourth-order valence-electron chi connectivity index (χ4n) is 2.97. The summed E-state index contributed by atoms with van der Waals surface area (Å²) in [5.74, 6) is 1.67. The third-order valence-corrected chi connectivity index (χ3v) is 5.53. The van der Waals surface area contributed by atoms with E-state index in [0.717, 1.165) is 34.8 Å². The Labute approximate surface area is 145 Å². The largest absolute Gasteiger partial charge is 0.465 e. The second-order valence-electron chi connectivity index (χ2n) is 6.43. The predicted molar refractivity (Wildman–Crippen MR) is 93.1 cm³/mol. The quantitative estimate of drug-likeness (QED) is 0.926. The summed E-state index contributed by atoms with van der Waals surface area (Å²) in [6.45, 7) is 2.31. The van der Waals surface area contributed by atoms with E-state index < -0.39 is 0 Å². The van der Waals surface area contributed by atoms with E-state index in [-0.39, 0.29) is 17.7 Å². The first-order valence-electron chi connectivity index (χ1n) is 8.10. The van der Waals surface area contributed by atoms with Gasteiger partial charge in [0.15, 0.2) is 0 Å². The van der Waals surface area contributed by atoms with Crippen LogP contribution in [0.3, 0.4) is 0 Å². The van der Waals surface area contributed by atoms with E-state index in [2.05, 4.69) is 5.32 Å². The second kappa shape index (κ2) is 6.81. The van der Waals surface area contributed by atoms with Crippen LogP contribution in [0.5, 0.6) is 0 Å². The molecule has 0 aliphatic heterocycles. The summed E-state index contributed by atoms with van der Waals surface area (Å²) in [4.78, 5) is 28.1. The van der Waals surface area contributed by atoms with Crippen LogP contribution in [0.1, 0.15) is 38.1 Å². The van der Waals surface area contributed by atoms with Crippen molar-refractivity contribution in [1.82, 2.24) is 10.2 Å². The summed E-state index contributed by atoms with van der Waals surface area (Å²) in [5, 5.41) is 2.96. The number of hydrogen-bond acceptors (Lipinski definition) is 4. The molecule has 5 nitrogen and oxygen atoms in total. The molecule has 1 atom stereocenters. The molecule has 24 heavy (non-hydrogen) atoms. The van der Waals surface area contributed by atoms with Crippen molar-refractivity contribution in [3.05, 3.63) is 45.0 Å². The Balaban J connectivity index is 1.61. The molecule has 0 radical (unpaired) electrons. The van der Waals surface area contributed by atoms with Crippen LogP contribution in [0.4, 0.5) is 0 Å². The first-order valence-corrected chi connectivity index (χ1v) is 8.92. The van der Waals surface area contributed by atoms with Gasteiger partial charge in [0.25, 0.3) is 5.91 Å². The molecule has 128 valence electrons. The Morgan fingerprint density at radius 3 is 2.83 bits per heavy atom. The molecule has 0 aromatic carbocycles. The van der Waals surface area contributed by atoms with E-state index in [1.807, 2.05) is 25.1 Å². The van der Waals surface area contributed by atoms with Gasteiger partial charge in [-0.05, 0) is 49.9 Å².